The van der Waals surface area contributed by atoms with Crippen molar-refractivity contribution in [2.24, 2.45) is 5.92 Å². The van der Waals surface area contributed by atoms with Crippen LogP contribution in [0.4, 0.5) is 0 Å². The zero-order valence-electron chi connectivity index (χ0n) is 24.9. The molecule has 1 aliphatic carbocycles. The fourth-order valence-electron chi connectivity index (χ4n) is 5.48. The summed E-state index contributed by atoms with van der Waals surface area (Å²) in [6.45, 7) is 9.16. The van der Waals surface area contributed by atoms with Gasteiger partial charge in [-0.15, -0.1) is 23.2 Å². The molecule has 0 spiro atoms. The molecule has 3 atom stereocenters. The van der Waals surface area contributed by atoms with Gasteiger partial charge in [-0.1, -0.05) is 90.4 Å². The second-order valence-electron chi connectivity index (χ2n) is 12.0. The Labute approximate surface area is 244 Å². The maximum absolute atomic E-state index is 13.1. The zero-order chi connectivity index (χ0) is 28.2. The van der Waals surface area contributed by atoms with Gasteiger partial charge in [0.2, 0.25) is 0 Å². The van der Waals surface area contributed by atoms with E-state index in [1.165, 1.54) is 64.2 Å². The number of alkyl halides is 2. The van der Waals surface area contributed by atoms with E-state index >= 15 is 0 Å². The van der Waals surface area contributed by atoms with Gasteiger partial charge in [0, 0.05) is 37.3 Å². The highest BCUT2D eigenvalue weighted by Gasteiger charge is 2.44. The lowest BCUT2D eigenvalue weighted by atomic mass is 9.81. The molecule has 0 saturated heterocycles. The summed E-state index contributed by atoms with van der Waals surface area (Å²) >= 11 is 12.2. The molecule has 0 aromatic carbocycles. The first-order valence-electron chi connectivity index (χ1n) is 15.5. The number of esters is 2. The highest BCUT2D eigenvalue weighted by molar-refractivity contribution is 6.18. The van der Waals surface area contributed by atoms with Crippen LogP contribution in [-0.2, 0) is 19.1 Å². The Morgan fingerprint density at radius 3 is 1.76 bits per heavy atom. The summed E-state index contributed by atoms with van der Waals surface area (Å²) in [5.74, 6) is -0.0292. The lowest BCUT2D eigenvalue weighted by Crippen LogP contribution is -2.54. The van der Waals surface area contributed by atoms with Crippen LogP contribution < -0.4 is 0 Å². The minimum absolute atomic E-state index is 0.0747. The van der Waals surface area contributed by atoms with Crippen LogP contribution in [0.2, 0.25) is 0 Å². The van der Waals surface area contributed by atoms with Gasteiger partial charge in [0.05, 0.1) is 5.92 Å². The molecular formula is C31H57Cl2NO4. The van der Waals surface area contributed by atoms with Crippen molar-refractivity contribution in [1.29, 1.82) is 0 Å². The van der Waals surface area contributed by atoms with Crippen LogP contribution in [0.15, 0.2) is 0 Å². The predicted molar refractivity (Wildman–Crippen MR) is 160 cm³/mol. The van der Waals surface area contributed by atoms with E-state index in [-0.39, 0.29) is 18.0 Å². The zero-order valence-corrected chi connectivity index (χ0v) is 26.4. The van der Waals surface area contributed by atoms with Crippen molar-refractivity contribution < 1.29 is 19.1 Å². The summed E-state index contributed by atoms with van der Waals surface area (Å²) in [4.78, 5) is 28.2. The van der Waals surface area contributed by atoms with Crippen LogP contribution in [0, 0.1) is 5.92 Å². The Morgan fingerprint density at radius 1 is 0.789 bits per heavy atom. The Bertz CT molecular complexity index is 619. The average molecular weight is 579 g/mol. The third-order valence-electron chi connectivity index (χ3n) is 7.46. The van der Waals surface area contributed by atoms with Gasteiger partial charge in [-0.25, -0.2) is 0 Å². The summed E-state index contributed by atoms with van der Waals surface area (Å²) in [7, 11) is 0. The molecule has 1 saturated carbocycles. The van der Waals surface area contributed by atoms with Crippen LogP contribution in [0.5, 0.6) is 0 Å². The first-order valence-corrected chi connectivity index (χ1v) is 16.6. The van der Waals surface area contributed by atoms with Crippen LogP contribution in [0.25, 0.3) is 0 Å². The topological polar surface area (TPSA) is 55.8 Å². The molecule has 0 bridgehead atoms. The van der Waals surface area contributed by atoms with Gasteiger partial charge in [-0.3, -0.25) is 14.5 Å². The van der Waals surface area contributed by atoms with Gasteiger partial charge in [-0.2, -0.15) is 0 Å². The molecule has 0 heterocycles. The summed E-state index contributed by atoms with van der Waals surface area (Å²) in [6, 6.07) is -0.0747. The molecule has 1 aliphatic rings. The van der Waals surface area contributed by atoms with Crippen molar-refractivity contribution in [3.05, 3.63) is 0 Å². The number of carbonyl (C=O) groups excluding carboxylic acids is 2. The van der Waals surface area contributed by atoms with Gasteiger partial charge >= 0.3 is 11.9 Å². The van der Waals surface area contributed by atoms with E-state index < -0.39 is 17.6 Å². The van der Waals surface area contributed by atoms with Gasteiger partial charge in [-0.05, 0) is 40.0 Å². The van der Waals surface area contributed by atoms with Crippen molar-refractivity contribution in [1.82, 2.24) is 4.90 Å². The van der Waals surface area contributed by atoms with Gasteiger partial charge in [0.25, 0.3) is 0 Å². The third-order valence-corrected chi connectivity index (χ3v) is 7.80. The van der Waals surface area contributed by atoms with Crippen LogP contribution >= 0.6 is 23.2 Å². The minimum atomic E-state index is -0.584. The fraction of sp³-hybridized carbons (Fsp3) is 0.935. The fourth-order valence-corrected chi connectivity index (χ4v) is 5.92. The monoisotopic (exact) mass is 577 g/mol. The molecule has 0 aromatic rings. The van der Waals surface area contributed by atoms with Crippen molar-refractivity contribution in [3.63, 3.8) is 0 Å². The van der Waals surface area contributed by atoms with E-state index in [4.69, 9.17) is 32.7 Å². The van der Waals surface area contributed by atoms with E-state index in [1.54, 1.807) is 0 Å². The number of hydrogen-bond acceptors (Lipinski definition) is 5. The SMILES string of the molecule is CCCCCCCCCCCCCCCC(=O)O[C@H]1[C@@H](C(=O)OC(C)(C)C)CCC[C@@H]1N(CCCl)CCCl. The number of rotatable bonds is 21. The van der Waals surface area contributed by atoms with Gasteiger partial charge in [0.1, 0.15) is 11.7 Å². The maximum atomic E-state index is 13.1. The predicted octanol–water partition coefficient (Wildman–Crippen LogP) is 8.67. The largest absolute Gasteiger partial charge is 0.460 e. The lowest BCUT2D eigenvalue weighted by Gasteiger charge is -2.42. The maximum Gasteiger partial charge on any atom is 0.313 e. The molecule has 1 fully saturated rings. The number of halogens is 2. The smallest absolute Gasteiger partial charge is 0.313 e. The Kier molecular flexibility index (Phi) is 19.9. The molecule has 5 nitrogen and oxygen atoms in total. The molecule has 0 N–H and O–H groups in total. The number of hydrogen-bond donors (Lipinski definition) is 0. The molecule has 0 aromatic heterocycles. The summed E-state index contributed by atoms with van der Waals surface area (Å²) in [5.41, 5.74) is -0.584. The van der Waals surface area contributed by atoms with Crippen LogP contribution in [0.1, 0.15) is 137 Å². The van der Waals surface area contributed by atoms with Crippen molar-refractivity contribution >= 4 is 35.1 Å². The van der Waals surface area contributed by atoms with E-state index in [9.17, 15) is 9.59 Å². The molecule has 1 rings (SSSR count). The normalized spacial score (nSPS) is 20.0. The Morgan fingerprint density at radius 2 is 1.29 bits per heavy atom. The van der Waals surface area contributed by atoms with E-state index in [0.29, 0.717) is 37.7 Å². The van der Waals surface area contributed by atoms with Crippen LogP contribution in [0.3, 0.4) is 0 Å². The summed E-state index contributed by atoms with van der Waals surface area (Å²) in [6.07, 6.45) is 18.7. The highest BCUT2D eigenvalue weighted by atomic mass is 35.5. The van der Waals surface area contributed by atoms with E-state index in [2.05, 4.69) is 11.8 Å². The number of unbranched alkanes of at least 4 members (excludes halogenated alkanes) is 12. The lowest BCUT2D eigenvalue weighted by molar-refractivity contribution is -0.177. The molecule has 0 amide bonds. The molecule has 0 aliphatic heterocycles. The molecule has 7 heteroatoms. The number of ether oxygens (including phenoxy) is 2. The molecular weight excluding hydrogens is 521 g/mol. The summed E-state index contributed by atoms with van der Waals surface area (Å²) < 4.78 is 11.8. The first-order chi connectivity index (χ1) is 18.2. The minimum Gasteiger partial charge on any atom is -0.460 e. The Hall–Kier alpha value is -0.520. The quantitative estimate of drug-likeness (QED) is 0.0775. The molecule has 224 valence electrons. The standard InChI is InChI=1S/C31H57Cl2NO4/c1-5-6-7-8-9-10-11-12-13-14-15-16-17-21-28(35)37-29-26(30(36)38-31(2,3)4)19-18-20-27(29)34(24-22-32)25-23-33/h26-27,29H,5-25H2,1-4H3/t26-,27-,29-/m0/s1. The Balaban J connectivity index is 2.49. The van der Waals surface area contributed by atoms with Crippen molar-refractivity contribution in [3.8, 4) is 0 Å². The van der Waals surface area contributed by atoms with Crippen LogP contribution in [-0.4, -0.2) is 59.4 Å². The van der Waals surface area contributed by atoms with E-state index in [1.807, 2.05) is 20.8 Å². The second kappa shape index (κ2) is 21.3. The first kappa shape index (κ1) is 35.5. The average Bonchev–Trinajstić information content (AvgIpc) is 2.86. The van der Waals surface area contributed by atoms with E-state index in [0.717, 1.165) is 32.1 Å². The number of carbonyl (C=O) groups is 2. The summed E-state index contributed by atoms with van der Waals surface area (Å²) in [5, 5.41) is 0. The second-order valence-corrected chi connectivity index (χ2v) is 12.8. The molecule has 38 heavy (non-hydrogen) atoms. The van der Waals surface area contributed by atoms with Gasteiger partial charge in [0.15, 0.2) is 0 Å². The van der Waals surface area contributed by atoms with Gasteiger partial charge < -0.3 is 9.47 Å². The molecule has 0 unspecified atom stereocenters. The molecule has 0 radical (unpaired) electrons. The van der Waals surface area contributed by atoms with Crippen molar-refractivity contribution in [2.75, 3.05) is 24.8 Å². The number of nitrogens with zero attached hydrogens (tertiary/aromatic N) is 1. The highest BCUT2D eigenvalue weighted by Crippen LogP contribution is 2.33. The van der Waals surface area contributed by atoms with Crippen molar-refractivity contribution in [2.45, 2.75) is 155 Å². The third kappa shape index (κ3) is 15.9.